The zero-order valence-corrected chi connectivity index (χ0v) is 15.3. The van der Waals surface area contributed by atoms with Crippen LogP contribution in [0.5, 0.6) is 0 Å². The van der Waals surface area contributed by atoms with Crippen LogP contribution in [-0.4, -0.2) is 47.5 Å². The van der Waals surface area contributed by atoms with Crippen LogP contribution in [-0.2, 0) is 25.5 Å². The summed E-state index contributed by atoms with van der Waals surface area (Å²) in [7, 11) is -4.37. The highest BCUT2D eigenvalue weighted by atomic mass is 32.2. The van der Waals surface area contributed by atoms with E-state index in [9.17, 15) is 16.8 Å². The van der Waals surface area contributed by atoms with Crippen LogP contribution in [0.3, 0.4) is 0 Å². The molecule has 0 aliphatic carbocycles. The Balaban J connectivity index is 2.80. The molecule has 126 valence electrons. The van der Waals surface area contributed by atoms with E-state index in [1.54, 1.807) is 24.3 Å². The molecular weight excluding hydrogens is 324 g/mol. The van der Waals surface area contributed by atoms with Crippen molar-refractivity contribution in [3.8, 4) is 0 Å². The van der Waals surface area contributed by atoms with Gasteiger partial charge in [0, 0.05) is 20.6 Å². The molecule has 8 heteroatoms. The molecule has 0 atom stereocenters. The van der Waals surface area contributed by atoms with E-state index in [2.05, 4.69) is 4.72 Å². The minimum absolute atomic E-state index is 0.0519. The third kappa shape index (κ3) is 5.05. The summed E-state index contributed by atoms with van der Waals surface area (Å²) in [5.74, 6) is -0.283. The second-order valence-corrected chi connectivity index (χ2v) is 10.4. The van der Waals surface area contributed by atoms with Crippen LogP contribution in [0, 0.1) is 0 Å². The van der Waals surface area contributed by atoms with Crippen molar-refractivity contribution in [3.05, 3.63) is 29.8 Å². The Hall–Kier alpha value is -0.960. The van der Waals surface area contributed by atoms with Crippen LogP contribution < -0.4 is 4.72 Å². The Bertz CT molecular complexity index is 700. The average Bonchev–Trinajstić information content (AvgIpc) is 2.37. The first kappa shape index (κ1) is 19.1. The molecule has 1 rings (SSSR count). The topological polar surface area (TPSA) is 83.6 Å². The average molecular weight is 348 g/mol. The Morgan fingerprint density at radius 2 is 1.50 bits per heavy atom. The molecule has 0 aromatic heterocycles. The van der Waals surface area contributed by atoms with Crippen molar-refractivity contribution in [1.29, 1.82) is 0 Å². The smallest absolute Gasteiger partial charge is 0.224 e. The van der Waals surface area contributed by atoms with Gasteiger partial charge < -0.3 is 0 Å². The van der Waals surface area contributed by atoms with Gasteiger partial charge in [-0.1, -0.05) is 32.9 Å². The summed E-state index contributed by atoms with van der Waals surface area (Å²) >= 11 is 0. The molecule has 0 saturated carbocycles. The highest BCUT2D eigenvalue weighted by Gasteiger charge is 2.19. The summed E-state index contributed by atoms with van der Waals surface area (Å²) in [4.78, 5) is 0.199. The number of rotatable bonds is 6. The van der Waals surface area contributed by atoms with E-state index in [1.807, 2.05) is 20.8 Å². The Morgan fingerprint density at radius 1 is 1.00 bits per heavy atom. The minimum Gasteiger partial charge on any atom is -0.224 e. The quantitative estimate of drug-likeness (QED) is 0.836. The van der Waals surface area contributed by atoms with Crippen LogP contribution in [0.4, 0.5) is 0 Å². The molecule has 0 radical (unpaired) electrons. The molecule has 0 amide bonds. The lowest BCUT2D eigenvalue weighted by atomic mass is 9.87. The molecule has 0 spiro atoms. The Morgan fingerprint density at radius 3 is 1.91 bits per heavy atom. The van der Waals surface area contributed by atoms with Gasteiger partial charge in [0.2, 0.25) is 0 Å². The zero-order chi connectivity index (χ0) is 17.2. The van der Waals surface area contributed by atoms with Gasteiger partial charge in [0.1, 0.15) is 0 Å². The van der Waals surface area contributed by atoms with Crippen molar-refractivity contribution in [2.24, 2.45) is 0 Å². The summed E-state index contributed by atoms with van der Waals surface area (Å²) in [6.45, 7) is 5.98. The summed E-state index contributed by atoms with van der Waals surface area (Å²) in [5, 5.41) is 0. The number of hydrogen-bond acceptors (Lipinski definition) is 4. The molecule has 6 nitrogen and oxygen atoms in total. The number of nitrogens with zero attached hydrogens (tertiary/aromatic N) is 1. The van der Waals surface area contributed by atoms with Gasteiger partial charge in [0.15, 0.2) is 9.84 Å². The van der Waals surface area contributed by atoms with Gasteiger partial charge >= 0.3 is 0 Å². The fraction of sp³-hybridized carbons (Fsp3) is 0.571. The molecule has 1 aromatic rings. The Kier molecular flexibility index (Phi) is 5.77. The molecule has 22 heavy (non-hydrogen) atoms. The molecule has 0 saturated heterocycles. The normalized spacial score (nSPS) is 13.5. The van der Waals surface area contributed by atoms with Crippen molar-refractivity contribution >= 4 is 20.0 Å². The van der Waals surface area contributed by atoms with E-state index in [1.165, 1.54) is 14.1 Å². The van der Waals surface area contributed by atoms with Gasteiger partial charge in [-0.3, -0.25) is 0 Å². The van der Waals surface area contributed by atoms with Gasteiger partial charge in [-0.25, -0.2) is 13.1 Å². The van der Waals surface area contributed by atoms with Gasteiger partial charge in [-0.05, 0) is 23.1 Å². The molecule has 1 N–H and O–H groups in total. The lowest BCUT2D eigenvalue weighted by Gasteiger charge is -2.19. The van der Waals surface area contributed by atoms with Crippen LogP contribution in [0.15, 0.2) is 29.2 Å². The largest absolute Gasteiger partial charge is 0.278 e. The molecule has 0 unspecified atom stereocenters. The number of nitrogens with one attached hydrogen (secondary N) is 1. The minimum atomic E-state index is -3.61. The second-order valence-electron chi connectivity index (χ2n) is 6.28. The summed E-state index contributed by atoms with van der Waals surface area (Å²) in [6, 6.07) is 6.71. The van der Waals surface area contributed by atoms with E-state index < -0.39 is 20.0 Å². The fourth-order valence-electron chi connectivity index (χ4n) is 1.71. The SMILES string of the molecule is CN(C)S(=O)(=O)NCCS(=O)(=O)c1ccc(C(C)(C)C)cc1. The molecule has 0 aliphatic rings. The third-order valence-electron chi connectivity index (χ3n) is 3.22. The highest BCUT2D eigenvalue weighted by Crippen LogP contribution is 2.23. The zero-order valence-electron chi connectivity index (χ0n) is 13.6. The summed E-state index contributed by atoms with van der Waals surface area (Å²) in [6.07, 6.45) is 0. The summed E-state index contributed by atoms with van der Waals surface area (Å²) < 4.78 is 50.7. The van der Waals surface area contributed by atoms with Crippen LogP contribution in [0.2, 0.25) is 0 Å². The van der Waals surface area contributed by atoms with E-state index in [0.29, 0.717) is 0 Å². The summed E-state index contributed by atoms with van der Waals surface area (Å²) in [5.41, 5.74) is 0.989. The van der Waals surface area contributed by atoms with Crippen molar-refractivity contribution in [2.45, 2.75) is 31.1 Å². The van der Waals surface area contributed by atoms with Crippen molar-refractivity contribution in [1.82, 2.24) is 9.03 Å². The predicted octanol–water partition coefficient (Wildman–Crippen LogP) is 1.15. The van der Waals surface area contributed by atoms with Crippen LogP contribution in [0.1, 0.15) is 26.3 Å². The third-order valence-corrected chi connectivity index (χ3v) is 6.48. The Labute approximate surface area is 133 Å². The van der Waals surface area contributed by atoms with Crippen LogP contribution in [0.25, 0.3) is 0 Å². The second kappa shape index (κ2) is 6.66. The van der Waals surface area contributed by atoms with Crippen molar-refractivity contribution in [2.75, 3.05) is 26.4 Å². The molecule has 1 aromatic carbocycles. The molecular formula is C14H24N2O4S2. The van der Waals surface area contributed by atoms with Crippen LogP contribution >= 0.6 is 0 Å². The van der Waals surface area contributed by atoms with E-state index in [4.69, 9.17) is 0 Å². The molecule has 0 bridgehead atoms. The van der Waals surface area contributed by atoms with Crippen molar-refractivity contribution in [3.63, 3.8) is 0 Å². The molecule has 0 aliphatic heterocycles. The van der Waals surface area contributed by atoms with Gasteiger partial charge in [-0.15, -0.1) is 0 Å². The first-order valence-corrected chi connectivity index (χ1v) is 9.96. The predicted molar refractivity (Wildman–Crippen MR) is 87.8 cm³/mol. The first-order chi connectivity index (χ1) is 9.86. The van der Waals surface area contributed by atoms with E-state index in [0.717, 1.165) is 9.87 Å². The lowest BCUT2D eigenvalue weighted by Crippen LogP contribution is -2.38. The van der Waals surface area contributed by atoms with E-state index >= 15 is 0 Å². The fourth-order valence-corrected chi connectivity index (χ4v) is 3.62. The maximum absolute atomic E-state index is 12.2. The van der Waals surface area contributed by atoms with E-state index in [-0.39, 0.29) is 22.6 Å². The monoisotopic (exact) mass is 348 g/mol. The van der Waals surface area contributed by atoms with Gasteiger partial charge in [-0.2, -0.15) is 12.7 Å². The number of benzene rings is 1. The highest BCUT2D eigenvalue weighted by molar-refractivity contribution is 7.91. The van der Waals surface area contributed by atoms with Gasteiger partial charge in [0.05, 0.1) is 10.6 Å². The maximum Gasteiger partial charge on any atom is 0.278 e. The first-order valence-electron chi connectivity index (χ1n) is 6.87. The van der Waals surface area contributed by atoms with Crippen molar-refractivity contribution < 1.29 is 16.8 Å². The standard InChI is InChI=1S/C14H24N2O4S2/c1-14(2,3)12-6-8-13(9-7-12)21(17,18)11-10-15-22(19,20)16(4)5/h6-9,15H,10-11H2,1-5H3. The lowest BCUT2D eigenvalue weighted by molar-refractivity contribution is 0.507. The molecule has 0 heterocycles. The number of hydrogen-bond donors (Lipinski definition) is 1. The number of sulfone groups is 1. The molecule has 0 fully saturated rings. The maximum atomic E-state index is 12.2. The van der Waals surface area contributed by atoms with Gasteiger partial charge in [0.25, 0.3) is 10.2 Å².